The van der Waals surface area contributed by atoms with E-state index in [2.05, 4.69) is 9.80 Å². The van der Waals surface area contributed by atoms with Gasteiger partial charge in [0.2, 0.25) is 0 Å². The first-order valence-electron chi connectivity index (χ1n) is 6.11. The molecule has 0 spiro atoms. The summed E-state index contributed by atoms with van der Waals surface area (Å²) in [5, 5.41) is 0. The molecule has 1 atom stereocenters. The van der Waals surface area contributed by atoms with Gasteiger partial charge in [-0.3, -0.25) is 14.6 Å². The van der Waals surface area contributed by atoms with E-state index in [1.807, 2.05) is 0 Å². The molecule has 3 aliphatic rings. The maximum Gasteiger partial charge on any atom is 0.184 e. The van der Waals surface area contributed by atoms with E-state index < -0.39 is 11.6 Å². The van der Waals surface area contributed by atoms with E-state index in [-0.39, 0.29) is 17.4 Å². The molecular weight excluding hydrogens is 238 g/mol. The molecule has 5 heteroatoms. The molecule has 4 rings (SSSR count). The first-order chi connectivity index (χ1) is 8.66. The summed E-state index contributed by atoms with van der Waals surface area (Å²) < 4.78 is 26.8. The molecule has 1 aromatic carbocycles. The Bertz CT molecular complexity index is 484. The van der Waals surface area contributed by atoms with Gasteiger partial charge >= 0.3 is 0 Å². The normalized spacial score (nSPS) is 30.4. The predicted octanol–water partition coefficient (Wildman–Crippen LogP) is 1.15. The minimum atomic E-state index is -1.03. The number of carbonyl (C=O) groups is 1. The van der Waals surface area contributed by atoms with Gasteiger partial charge in [0.05, 0.1) is 11.6 Å². The molecule has 1 aromatic rings. The van der Waals surface area contributed by atoms with Gasteiger partial charge in [0, 0.05) is 32.7 Å². The van der Waals surface area contributed by atoms with Crippen molar-refractivity contribution >= 4 is 5.78 Å². The van der Waals surface area contributed by atoms with E-state index in [9.17, 15) is 13.6 Å². The zero-order valence-electron chi connectivity index (χ0n) is 9.90. The molecule has 1 unspecified atom stereocenters. The lowest BCUT2D eigenvalue weighted by Gasteiger charge is -2.46. The molecule has 0 radical (unpaired) electrons. The van der Waals surface area contributed by atoms with Crippen molar-refractivity contribution in [2.45, 2.75) is 6.04 Å². The van der Waals surface area contributed by atoms with Crippen molar-refractivity contribution in [3.05, 3.63) is 35.4 Å². The van der Waals surface area contributed by atoms with Gasteiger partial charge in [-0.2, -0.15) is 0 Å². The Morgan fingerprint density at radius 3 is 2.50 bits per heavy atom. The van der Waals surface area contributed by atoms with Crippen LogP contribution in [0.2, 0.25) is 0 Å². The van der Waals surface area contributed by atoms with Crippen molar-refractivity contribution < 1.29 is 13.6 Å². The van der Waals surface area contributed by atoms with Crippen LogP contribution in [-0.4, -0.2) is 54.3 Å². The van der Waals surface area contributed by atoms with E-state index in [0.717, 1.165) is 32.2 Å². The van der Waals surface area contributed by atoms with Crippen molar-refractivity contribution in [1.29, 1.82) is 0 Å². The Hall–Kier alpha value is -1.33. The summed E-state index contributed by atoms with van der Waals surface area (Å²) in [5.74, 6) is -2.30. The molecule has 3 fully saturated rings. The van der Waals surface area contributed by atoms with Crippen molar-refractivity contribution in [2.24, 2.45) is 0 Å². The van der Waals surface area contributed by atoms with Gasteiger partial charge < -0.3 is 0 Å². The zero-order valence-corrected chi connectivity index (χ0v) is 9.90. The number of hydrogen-bond acceptors (Lipinski definition) is 3. The Kier molecular flexibility index (Phi) is 2.87. The fraction of sp³-hybridized carbons (Fsp3) is 0.462. The molecule has 18 heavy (non-hydrogen) atoms. The van der Waals surface area contributed by atoms with Gasteiger partial charge in [0.1, 0.15) is 0 Å². The summed E-state index contributed by atoms with van der Waals surface area (Å²) in [6.45, 7) is 4.18. The van der Waals surface area contributed by atoms with Crippen LogP contribution in [0.3, 0.4) is 0 Å². The van der Waals surface area contributed by atoms with Crippen molar-refractivity contribution in [3.8, 4) is 0 Å². The third-order valence-electron chi connectivity index (χ3n) is 3.80. The Balaban J connectivity index is 1.88. The minimum absolute atomic E-state index is 0.131. The fourth-order valence-electron chi connectivity index (χ4n) is 2.74. The smallest absolute Gasteiger partial charge is 0.184 e. The second-order valence-electron chi connectivity index (χ2n) is 4.82. The van der Waals surface area contributed by atoms with Crippen LogP contribution in [-0.2, 0) is 0 Å². The van der Waals surface area contributed by atoms with Gasteiger partial charge in [0.25, 0.3) is 0 Å². The van der Waals surface area contributed by atoms with Crippen molar-refractivity contribution in [2.75, 3.05) is 32.7 Å². The summed E-state index contributed by atoms with van der Waals surface area (Å²) in [4.78, 5) is 16.5. The van der Waals surface area contributed by atoms with E-state index in [4.69, 9.17) is 0 Å². The molecule has 2 bridgehead atoms. The molecule has 3 nitrogen and oxygen atoms in total. The number of benzene rings is 1. The largest absolute Gasteiger partial charge is 0.299 e. The van der Waals surface area contributed by atoms with Crippen LogP contribution < -0.4 is 0 Å². The number of hydrogen-bond donors (Lipinski definition) is 0. The van der Waals surface area contributed by atoms with E-state index in [0.29, 0.717) is 6.54 Å². The number of rotatable bonds is 2. The number of fused-ring (bicyclic) bond motifs is 3. The predicted molar refractivity (Wildman–Crippen MR) is 62.5 cm³/mol. The van der Waals surface area contributed by atoms with Gasteiger partial charge in [-0.1, -0.05) is 6.07 Å². The Labute approximate surface area is 104 Å². The van der Waals surface area contributed by atoms with Crippen LogP contribution in [0.25, 0.3) is 0 Å². The van der Waals surface area contributed by atoms with E-state index in [1.54, 1.807) is 0 Å². The first-order valence-corrected chi connectivity index (χ1v) is 6.11. The van der Waals surface area contributed by atoms with Crippen molar-refractivity contribution in [3.63, 3.8) is 0 Å². The second-order valence-corrected chi connectivity index (χ2v) is 4.82. The third-order valence-corrected chi connectivity index (χ3v) is 3.80. The molecule has 96 valence electrons. The maximum absolute atomic E-state index is 13.6. The lowest BCUT2D eigenvalue weighted by atomic mass is 9.98. The molecule has 3 saturated heterocycles. The molecule has 0 saturated carbocycles. The van der Waals surface area contributed by atoms with Crippen LogP contribution in [0, 0.1) is 11.6 Å². The quantitative estimate of drug-likeness (QED) is 0.738. The molecule has 3 aliphatic heterocycles. The number of halogens is 2. The summed E-state index contributed by atoms with van der Waals surface area (Å²) >= 11 is 0. The van der Waals surface area contributed by atoms with Gasteiger partial charge in [0.15, 0.2) is 17.4 Å². The fourth-order valence-corrected chi connectivity index (χ4v) is 2.74. The van der Waals surface area contributed by atoms with Crippen LogP contribution in [0.4, 0.5) is 8.78 Å². The SMILES string of the molecule is O=C(c1cccc(F)c1F)C1CN2CCN1CC2. The molecular formula is C13H14F2N2O. The maximum atomic E-state index is 13.6. The number of ketones is 1. The highest BCUT2D eigenvalue weighted by Gasteiger charge is 2.37. The number of carbonyl (C=O) groups excluding carboxylic acids is 1. The lowest BCUT2D eigenvalue weighted by molar-refractivity contribution is 0.0157. The molecule has 0 N–H and O–H groups in total. The first kappa shape index (κ1) is 11.7. The number of piperazine rings is 3. The Morgan fingerprint density at radius 1 is 1.17 bits per heavy atom. The number of nitrogens with zero attached hydrogens (tertiary/aromatic N) is 2. The molecule has 3 heterocycles. The standard InChI is InChI=1S/C13H14F2N2O/c14-10-3-1-2-9(12(10)15)13(18)11-8-16-4-6-17(11)7-5-16/h1-3,11H,4-8H2. The van der Waals surface area contributed by atoms with Crippen LogP contribution >= 0.6 is 0 Å². The zero-order chi connectivity index (χ0) is 12.7. The van der Waals surface area contributed by atoms with Crippen LogP contribution in [0.1, 0.15) is 10.4 Å². The summed E-state index contributed by atoms with van der Waals surface area (Å²) in [7, 11) is 0. The molecule has 0 aliphatic carbocycles. The molecule has 0 aromatic heterocycles. The van der Waals surface area contributed by atoms with Gasteiger partial charge in [-0.15, -0.1) is 0 Å². The highest BCUT2D eigenvalue weighted by molar-refractivity contribution is 6.00. The van der Waals surface area contributed by atoms with E-state index in [1.165, 1.54) is 12.1 Å². The van der Waals surface area contributed by atoms with Crippen molar-refractivity contribution in [1.82, 2.24) is 9.80 Å². The van der Waals surface area contributed by atoms with Crippen LogP contribution in [0.15, 0.2) is 18.2 Å². The average molecular weight is 252 g/mol. The van der Waals surface area contributed by atoms with E-state index >= 15 is 0 Å². The van der Waals surface area contributed by atoms with Gasteiger partial charge in [-0.25, -0.2) is 8.78 Å². The topological polar surface area (TPSA) is 23.6 Å². The summed E-state index contributed by atoms with van der Waals surface area (Å²) in [6, 6.07) is 3.44. The molecule has 0 amide bonds. The van der Waals surface area contributed by atoms with Gasteiger partial charge in [-0.05, 0) is 12.1 Å². The highest BCUT2D eigenvalue weighted by Crippen LogP contribution is 2.21. The average Bonchev–Trinajstić information content (AvgIpc) is 2.42. The Morgan fingerprint density at radius 2 is 1.89 bits per heavy atom. The summed E-state index contributed by atoms with van der Waals surface area (Å²) in [6.07, 6.45) is 0. The summed E-state index contributed by atoms with van der Waals surface area (Å²) in [5.41, 5.74) is -0.131. The monoisotopic (exact) mass is 252 g/mol. The minimum Gasteiger partial charge on any atom is -0.299 e. The number of Topliss-reactive ketones (excluding diaryl/α,β-unsaturated/α-hetero) is 1. The third kappa shape index (κ3) is 1.83. The van der Waals surface area contributed by atoms with Crippen LogP contribution in [0.5, 0.6) is 0 Å². The second kappa shape index (κ2) is 4.40. The lowest BCUT2D eigenvalue weighted by Crippen LogP contribution is -2.63. The highest BCUT2D eigenvalue weighted by atomic mass is 19.2.